The minimum absolute atomic E-state index is 0.0357. The Morgan fingerprint density at radius 3 is 2.58 bits per heavy atom. The van der Waals surface area contributed by atoms with E-state index >= 15 is 0 Å². The standard InChI is InChI=1S/C22H30N2O6S/c1-3-4-5-20(27)17-6-8-18(9-7-17)24(16(2)26)23-15-29-14-19-10-11-21(31-19)22(28)30-13-12-25/h6-11,20,23,25,27H,3-5,12-15H2,1-2H3. The van der Waals surface area contributed by atoms with Crippen molar-refractivity contribution in [3.8, 4) is 0 Å². The molecule has 31 heavy (non-hydrogen) atoms. The van der Waals surface area contributed by atoms with E-state index in [1.165, 1.54) is 23.3 Å². The molecule has 1 amide bonds. The fraction of sp³-hybridized carbons (Fsp3) is 0.455. The number of hydrogen-bond donors (Lipinski definition) is 3. The number of benzene rings is 1. The molecule has 2 aromatic rings. The highest BCUT2D eigenvalue weighted by atomic mass is 32.1. The monoisotopic (exact) mass is 450 g/mol. The number of hydrogen-bond acceptors (Lipinski definition) is 8. The summed E-state index contributed by atoms with van der Waals surface area (Å²) in [6, 6.07) is 10.6. The fourth-order valence-electron chi connectivity index (χ4n) is 2.83. The third-order valence-corrected chi connectivity index (χ3v) is 5.48. The van der Waals surface area contributed by atoms with Crippen molar-refractivity contribution in [3.05, 3.63) is 51.7 Å². The zero-order chi connectivity index (χ0) is 22.6. The predicted molar refractivity (Wildman–Crippen MR) is 119 cm³/mol. The Labute approximate surface area is 186 Å². The fourth-order valence-corrected chi connectivity index (χ4v) is 3.67. The number of anilines is 1. The maximum atomic E-state index is 12.0. The highest BCUT2D eigenvalue weighted by molar-refractivity contribution is 7.13. The molecule has 0 saturated carbocycles. The van der Waals surface area contributed by atoms with E-state index in [2.05, 4.69) is 12.3 Å². The first-order valence-electron chi connectivity index (χ1n) is 10.2. The number of nitrogens with one attached hydrogen (secondary N) is 1. The number of carbonyl (C=O) groups is 2. The molecule has 0 aliphatic heterocycles. The average molecular weight is 451 g/mol. The Kier molecular flexibility index (Phi) is 10.6. The van der Waals surface area contributed by atoms with Gasteiger partial charge in [0.15, 0.2) is 0 Å². The number of hydrazine groups is 1. The summed E-state index contributed by atoms with van der Waals surface area (Å²) in [5.74, 6) is -0.678. The molecule has 8 nitrogen and oxygen atoms in total. The zero-order valence-corrected chi connectivity index (χ0v) is 18.7. The molecule has 0 radical (unpaired) electrons. The molecule has 1 aromatic heterocycles. The van der Waals surface area contributed by atoms with E-state index in [-0.39, 0.29) is 32.5 Å². The van der Waals surface area contributed by atoms with Gasteiger partial charge in [-0.05, 0) is 36.2 Å². The highest BCUT2D eigenvalue weighted by Crippen LogP contribution is 2.22. The lowest BCUT2D eigenvalue weighted by atomic mass is 10.0. The van der Waals surface area contributed by atoms with Crippen molar-refractivity contribution in [3.63, 3.8) is 0 Å². The number of amides is 1. The van der Waals surface area contributed by atoms with Gasteiger partial charge in [0.2, 0.25) is 5.91 Å². The van der Waals surface area contributed by atoms with Crippen molar-refractivity contribution in [2.75, 3.05) is 25.0 Å². The van der Waals surface area contributed by atoms with Gasteiger partial charge in [0.25, 0.3) is 0 Å². The number of carbonyl (C=O) groups excluding carboxylic acids is 2. The Balaban J connectivity index is 1.84. The van der Waals surface area contributed by atoms with Crippen LogP contribution in [0.4, 0.5) is 5.69 Å². The molecule has 0 aliphatic rings. The van der Waals surface area contributed by atoms with Gasteiger partial charge >= 0.3 is 5.97 Å². The third kappa shape index (κ3) is 8.04. The van der Waals surface area contributed by atoms with E-state index in [1.807, 2.05) is 12.1 Å². The van der Waals surface area contributed by atoms with Crippen LogP contribution < -0.4 is 10.4 Å². The number of esters is 1. The summed E-state index contributed by atoms with van der Waals surface area (Å²) in [5.41, 5.74) is 4.40. The quantitative estimate of drug-likeness (QED) is 0.186. The SMILES string of the molecule is CCCCC(O)c1ccc(N(NCOCc2ccc(C(=O)OCCO)s2)C(C)=O)cc1. The zero-order valence-electron chi connectivity index (χ0n) is 17.9. The van der Waals surface area contributed by atoms with Crippen LogP contribution in [0.1, 0.15) is 59.3 Å². The molecule has 170 valence electrons. The second-order valence-corrected chi connectivity index (χ2v) is 8.05. The molecule has 3 N–H and O–H groups in total. The van der Waals surface area contributed by atoms with Crippen LogP contribution in [0.25, 0.3) is 0 Å². The van der Waals surface area contributed by atoms with Crippen LogP contribution in [-0.4, -0.2) is 42.0 Å². The van der Waals surface area contributed by atoms with Gasteiger partial charge in [-0.25, -0.2) is 15.2 Å². The molecule has 1 heterocycles. The summed E-state index contributed by atoms with van der Waals surface area (Å²) in [6.45, 7) is 3.63. The molecule has 0 fully saturated rings. The van der Waals surface area contributed by atoms with Crippen molar-refractivity contribution in [1.82, 2.24) is 5.43 Å². The van der Waals surface area contributed by atoms with Gasteiger partial charge in [-0.3, -0.25) is 4.79 Å². The van der Waals surface area contributed by atoms with Gasteiger partial charge in [-0.15, -0.1) is 11.3 Å². The van der Waals surface area contributed by atoms with E-state index in [4.69, 9.17) is 14.6 Å². The van der Waals surface area contributed by atoms with Gasteiger partial charge in [0, 0.05) is 11.8 Å². The molecule has 0 saturated heterocycles. The molecule has 0 bridgehead atoms. The van der Waals surface area contributed by atoms with Crippen molar-refractivity contribution >= 4 is 28.9 Å². The number of thiophene rings is 1. The first-order chi connectivity index (χ1) is 15.0. The molecule has 9 heteroatoms. The number of rotatable bonds is 13. The number of ether oxygens (including phenoxy) is 2. The Hall–Kier alpha value is -2.30. The number of unbranched alkanes of at least 4 members (excludes halogenated alkanes) is 1. The van der Waals surface area contributed by atoms with Gasteiger partial charge in [0.1, 0.15) is 18.2 Å². The van der Waals surface area contributed by atoms with E-state index < -0.39 is 12.1 Å². The smallest absolute Gasteiger partial charge is 0.348 e. The molecule has 2 rings (SSSR count). The van der Waals surface area contributed by atoms with Gasteiger partial charge in [-0.1, -0.05) is 31.9 Å². The summed E-state index contributed by atoms with van der Waals surface area (Å²) >= 11 is 1.25. The number of nitrogens with zero attached hydrogens (tertiary/aromatic N) is 1. The second kappa shape index (κ2) is 13.2. The van der Waals surface area contributed by atoms with Gasteiger partial charge in [0.05, 0.1) is 25.0 Å². The molecule has 1 aromatic carbocycles. The van der Waals surface area contributed by atoms with Crippen LogP contribution in [0, 0.1) is 0 Å². The topological polar surface area (TPSA) is 108 Å². The van der Waals surface area contributed by atoms with E-state index in [9.17, 15) is 14.7 Å². The average Bonchev–Trinajstić information content (AvgIpc) is 3.24. The summed E-state index contributed by atoms with van der Waals surface area (Å²) in [5, 5.41) is 20.3. The minimum atomic E-state index is -0.507. The lowest BCUT2D eigenvalue weighted by molar-refractivity contribution is -0.117. The first kappa shape index (κ1) is 25.0. The highest BCUT2D eigenvalue weighted by Gasteiger charge is 2.14. The first-order valence-corrected chi connectivity index (χ1v) is 11.0. The molecule has 1 atom stereocenters. The second-order valence-electron chi connectivity index (χ2n) is 6.88. The van der Waals surface area contributed by atoms with Crippen LogP contribution >= 0.6 is 11.3 Å². The summed E-state index contributed by atoms with van der Waals surface area (Å²) < 4.78 is 10.4. The normalized spacial score (nSPS) is 11.9. The maximum absolute atomic E-state index is 12.0. The molecular weight excluding hydrogens is 420 g/mol. The predicted octanol–water partition coefficient (Wildman–Crippen LogP) is 3.15. The van der Waals surface area contributed by atoms with Gasteiger partial charge in [-0.2, -0.15) is 0 Å². The van der Waals surface area contributed by atoms with Crippen molar-refractivity contribution in [1.29, 1.82) is 0 Å². The van der Waals surface area contributed by atoms with E-state index in [1.54, 1.807) is 24.3 Å². The van der Waals surface area contributed by atoms with Crippen LogP contribution in [-0.2, 0) is 20.9 Å². The summed E-state index contributed by atoms with van der Waals surface area (Å²) in [4.78, 5) is 25.0. The van der Waals surface area contributed by atoms with Crippen molar-refractivity contribution in [2.24, 2.45) is 0 Å². The van der Waals surface area contributed by atoms with Gasteiger partial charge < -0.3 is 19.7 Å². The maximum Gasteiger partial charge on any atom is 0.348 e. The molecular formula is C22H30N2O6S. The summed E-state index contributed by atoms with van der Waals surface area (Å²) in [7, 11) is 0. The van der Waals surface area contributed by atoms with Crippen LogP contribution in [0.2, 0.25) is 0 Å². The Morgan fingerprint density at radius 2 is 1.94 bits per heavy atom. The van der Waals surface area contributed by atoms with Crippen LogP contribution in [0.3, 0.4) is 0 Å². The Bertz CT molecular complexity index is 824. The largest absolute Gasteiger partial charge is 0.459 e. The van der Waals surface area contributed by atoms with E-state index in [0.717, 1.165) is 23.3 Å². The van der Waals surface area contributed by atoms with Crippen molar-refractivity contribution < 1.29 is 29.3 Å². The number of aliphatic hydroxyl groups excluding tert-OH is 2. The molecule has 0 aliphatic carbocycles. The van der Waals surface area contributed by atoms with Crippen molar-refractivity contribution in [2.45, 2.75) is 45.8 Å². The summed E-state index contributed by atoms with van der Waals surface area (Å²) in [6.07, 6.45) is 2.18. The Morgan fingerprint density at radius 1 is 1.19 bits per heavy atom. The molecule has 1 unspecified atom stereocenters. The van der Waals surface area contributed by atoms with E-state index in [0.29, 0.717) is 17.0 Å². The lowest BCUT2D eigenvalue weighted by Gasteiger charge is -2.22. The molecule has 0 spiro atoms. The minimum Gasteiger partial charge on any atom is -0.459 e. The number of aliphatic hydroxyl groups is 2. The van der Waals surface area contributed by atoms with Crippen LogP contribution in [0.15, 0.2) is 36.4 Å². The third-order valence-electron chi connectivity index (χ3n) is 4.44. The lowest BCUT2D eigenvalue weighted by Crippen LogP contribution is -2.42. The van der Waals surface area contributed by atoms with Crippen LogP contribution in [0.5, 0.6) is 0 Å².